The number of carbonyl (C=O) groups excluding carboxylic acids is 2. The number of carboxylic acid groups (broad SMARTS) is 1. The summed E-state index contributed by atoms with van der Waals surface area (Å²) in [6.45, 7) is 9.15. The quantitative estimate of drug-likeness (QED) is 0.690. The lowest BCUT2D eigenvalue weighted by Crippen LogP contribution is -2.41. The van der Waals surface area contributed by atoms with Crippen LogP contribution < -0.4 is 5.32 Å². The molecule has 0 bridgehead atoms. The van der Waals surface area contributed by atoms with E-state index in [0.29, 0.717) is 13.0 Å². The molecular weight excluding hydrogens is 260 g/mol. The van der Waals surface area contributed by atoms with Gasteiger partial charge in [0.25, 0.3) is 0 Å². The Hall–Kier alpha value is -1.59. The second-order valence-corrected chi connectivity index (χ2v) is 6.12. The lowest BCUT2D eigenvalue weighted by Gasteiger charge is -2.25. The first-order chi connectivity index (χ1) is 9.05. The fourth-order valence-corrected chi connectivity index (χ4v) is 1.55. The zero-order valence-corrected chi connectivity index (χ0v) is 13.0. The van der Waals surface area contributed by atoms with E-state index in [1.54, 1.807) is 13.8 Å². The van der Waals surface area contributed by atoms with Gasteiger partial charge in [-0.3, -0.25) is 14.4 Å². The largest absolute Gasteiger partial charge is 0.480 e. The average molecular weight is 286 g/mol. The number of aliphatic carboxylic acids is 1. The van der Waals surface area contributed by atoms with Crippen LogP contribution in [0.1, 0.15) is 47.5 Å². The third-order valence-electron chi connectivity index (χ3n) is 2.78. The van der Waals surface area contributed by atoms with Crippen LogP contribution in [0.15, 0.2) is 0 Å². The first-order valence-electron chi connectivity index (χ1n) is 6.85. The van der Waals surface area contributed by atoms with Crippen molar-refractivity contribution in [3.05, 3.63) is 0 Å². The summed E-state index contributed by atoms with van der Waals surface area (Å²) in [4.78, 5) is 35.5. The van der Waals surface area contributed by atoms with Crippen LogP contribution in [0.3, 0.4) is 0 Å². The number of nitrogens with zero attached hydrogens (tertiary/aromatic N) is 1. The van der Waals surface area contributed by atoms with Crippen molar-refractivity contribution in [3.8, 4) is 0 Å². The summed E-state index contributed by atoms with van der Waals surface area (Å²) in [5.74, 6) is -1.28. The third-order valence-corrected chi connectivity index (χ3v) is 2.78. The molecule has 6 nitrogen and oxygen atoms in total. The van der Waals surface area contributed by atoms with E-state index in [9.17, 15) is 14.4 Å². The van der Waals surface area contributed by atoms with Crippen molar-refractivity contribution in [1.29, 1.82) is 0 Å². The molecule has 20 heavy (non-hydrogen) atoms. The molecule has 0 aromatic carbocycles. The topological polar surface area (TPSA) is 86.7 Å². The lowest BCUT2D eigenvalue weighted by atomic mass is 9.96. The molecule has 0 saturated carbocycles. The van der Waals surface area contributed by atoms with Crippen LogP contribution in [0.25, 0.3) is 0 Å². The van der Waals surface area contributed by atoms with Crippen molar-refractivity contribution in [3.63, 3.8) is 0 Å². The van der Waals surface area contributed by atoms with Gasteiger partial charge in [0, 0.05) is 24.4 Å². The van der Waals surface area contributed by atoms with Crippen molar-refractivity contribution < 1.29 is 19.5 Å². The molecule has 2 N–H and O–H groups in total. The molecule has 0 aliphatic rings. The minimum atomic E-state index is -1.02. The van der Waals surface area contributed by atoms with Gasteiger partial charge in [-0.2, -0.15) is 0 Å². The number of carboxylic acids is 1. The second kappa shape index (κ2) is 7.87. The fraction of sp³-hybridized carbons (Fsp3) is 0.786. The molecule has 0 aromatic heterocycles. The molecule has 0 spiro atoms. The molecule has 0 aromatic rings. The molecule has 0 heterocycles. The van der Waals surface area contributed by atoms with E-state index in [4.69, 9.17) is 5.11 Å². The molecule has 0 atom stereocenters. The van der Waals surface area contributed by atoms with Gasteiger partial charge in [0.1, 0.15) is 6.54 Å². The Balaban J connectivity index is 4.15. The Bertz CT molecular complexity index is 359. The van der Waals surface area contributed by atoms with Crippen LogP contribution in [0.5, 0.6) is 0 Å². The molecule has 0 aliphatic carbocycles. The molecule has 0 aliphatic heterocycles. The van der Waals surface area contributed by atoms with Crippen molar-refractivity contribution >= 4 is 17.8 Å². The molecule has 6 heteroatoms. The van der Waals surface area contributed by atoms with E-state index in [0.717, 1.165) is 0 Å². The van der Waals surface area contributed by atoms with Crippen LogP contribution in [0, 0.1) is 5.41 Å². The van der Waals surface area contributed by atoms with Crippen molar-refractivity contribution in [2.24, 2.45) is 5.41 Å². The normalized spacial score (nSPS) is 11.3. The zero-order valence-electron chi connectivity index (χ0n) is 13.0. The second-order valence-electron chi connectivity index (χ2n) is 6.12. The highest BCUT2D eigenvalue weighted by molar-refractivity contribution is 5.82. The van der Waals surface area contributed by atoms with E-state index >= 15 is 0 Å². The Morgan fingerprint density at radius 1 is 1.20 bits per heavy atom. The summed E-state index contributed by atoms with van der Waals surface area (Å²) in [5, 5.41) is 11.5. The number of hydrogen-bond acceptors (Lipinski definition) is 3. The summed E-state index contributed by atoms with van der Waals surface area (Å²) in [6, 6.07) is -0.150. The summed E-state index contributed by atoms with van der Waals surface area (Å²) in [5.41, 5.74) is -0.447. The zero-order chi connectivity index (χ0) is 15.9. The summed E-state index contributed by atoms with van der Waals surface area (Å²) >= 11 is 0. The molecular formula is C14H26N2O4. The smallest absolute Gasteiger partial charge is 0.323 e. The maximum absolute atomic E-state index is 11.9. The average Bonchev–Trinajstić information content (AvgIpc) is 2.29. The van der Waals surface area contributed by atoms with Crippen LogP contribution in [-0.4, -0.2) is 46.9 Å². The van der Waals surface area contributed by atoms with Gasteiger partial charge in [0.15, 0.2) is 0 Å². The molecule has 0 radical (unpaired) electrons. The molecule has 116 valence electrons. The van der Waals surface area contributed by atoms with Gasteiger partial charge in [0.2, 0.25) is 11.8 Å². The Morgan fingerprint density at radius 2 is 1.75 bits per heavy atom. The molecule has 0 rings (SSSR count). The third kappa shape index (κ3) is 7.11. The molecule has 2 amide bonds. The fourth-order valence-electron chi connectivity index (χ4n) is 1.55. The Morgan fingerprint density at radius 3 is 2.15 bits per heavy atom. The van der Waals surface area contributed by atoms with Gasteiger partial charge >= 0.3 is 5.97 Å². The summed E-state index contributed by atoms with van der Waals surface area (Å²) in [7, 11) is 0. The highest BCUT2D eigenvalue weighted by Gasteiger charge is 2.21. The van der Waals surface area contributed by atoms with Crippen molar-refractivity contribution in [2.45, 2.75) is 53.5 Å². The van der Waals surface area contributed by atoms with Gasteiger partial charge in [0.05, 0.1) is 0 Å². The van der Waals surface area contributed by atoms with Crippen LogP contribution in [0.4, 0.5) is 0 Å². The van der Waals surface area contributed by atoms with E-state index in [1.165, 1.54) is 4.90 Å². The Labute approximate surface area is 120 Å². The van der Waals surface area contributed by atoms with Gasteiger partial charge in [-0.05, 0) is 20.3 Å². The predicted octanol–water partition coefficient (Wildman–Crippen LogP) is 1.25. The first kappa shape index (κ1) is 18.4. The van der Waals surface area contributed by atoms with E-state index in [2.05, 4.69) is 5.32 Å². The number of hydrogen-bond donors (Lipinski definition) is 2. The molecule has 0 fully saturated rings. The van der Waals surface area contributed by atoms with Crippen molar-refractivity contribution in [2.75, 3.05) is 13.1 Å². The van der Waals surface area contributed by atoms with Gasteiger partial charge in [-0.25, -0.2) is 0 Å². The number of nitrogens with one attached hydrogen (secondary N) is 1. The minimum Gasteiger partial charge on any atom is -0.480 e. The van der Waals surface area contributed by atoms with Gasteiger partial charge in [-0.15, -0.1) is 0 Å². The van der Waals surface area contributed by atoms with Gasteiger partial charge in [-0.1, -0.05) is 20.8 Å². The minimum absolute atomic E-state index is 0.0591. The SMILES string of the molecule is CC(C)N(CC(=O)O)C(=O)CCCNC(=O)C(C)(C)C. The highest BCUT2D eigenvalue weighted by Crippen LogP contribution is 2.12. The number of amides is 2. The molecule has 0 unspecified atom stereocenters. The first-order valence-corrected chi connectivity index (χ1v) is 6.85. The van der Waals surface area contributed by atoms with Crippen LogP contribution >= 0.6 is 0 Å². The Kier molecular flexibility index (Phi) is 7.24. The van der Waals surface area contributed by atoms with Gasteiger partial charge < -0.3 is 15.3 Å². The predicted molar refractivity (Wildman–Crippen MR) is 76.2 cm³/mol. The monoisotopic (exact) mass is 286 g/mol. The van der Waals surface area contributed by atoms with Crippen LogP contribution in [0.2, 0.25) is 0 Å². The van der Waals surface area contributed by atoms with E-state index < -0.39 is 11.4 Å². The maximum atomic E-state index is 11.9. The van der Waals surface area contributed by atoms with Crippen LogP contribution in [-0.2, 0) is 14.4 Å². The maximum Gasteiger partial charge on any atom is 0.323 e. The van der Waals surface area contributed by atoms with Crippen molar-refractivity contribution in [1.82, 2.24) is 10.2 Å². The van der Waals surface area contributed by atoms with E-state index in [1.807, 2.05) is 20.8 Å². The number of carbonyl (C=O) groups is 3. The van der Waals surface area contributed by atoms with E-state index in [-0.39, 0.29) is 30.8 Å². The molecule has 0 saturated heterocycles. The summed E-state index contributed by atoms with van der Waals surface area (Å²) in [6.07, 6.45) is 0.735. The summed E-state index contributed by atoms with van der Waals surface area (Å²) < 4.78 is 0. The standard InChI is InChI=1S/C14H26N2O4/c1-10(2)16(9-12(18)19)11(17)7-6-8-15-13(20)14(3,4)5/h10H,6-9H2,1-5H3,(H,15,20)(H,18,19). The lowest BCUT2D eigenvalue weighted by molar-refractivity contribution is -0.145. The highest BCUT2D eigenvalue weighted by atomic mass is 16.4. The number of rotatable bonds is 7.